The van der Waals surface area contributed by atoms with E-state index < -0.39 is 0 Å². The lowest BCUT2D eigenvalue weighted by atomic mass is 10.0. The topological polar surface area (TPSA) is 43.8 Å². The van der Waals surface area contributed by atoms with Gasteiger partial charge in [0.1, 0.15) is 0 Å². The minimum Gasteiger partial charge on any atom is -0.324 e. The van der Waals surface area contributed by atoms with E-state index in [1.807, 2.05) is 10.7 Å². The lowest BCUT2D eigenvalue weighted by Crippen LogP contribution is -2.16. The zero-order chi connectivity index (χ0) is 14.7. The number of benzene rings is 1. The van der Waals surface area contributed by atoms with Gasteiger partial charge in [0.15, 0.2) is 0 Å². The van der Waals surface area contributed by atoms with Crippen molar-refractivity contribution in [1.82, 2.24) is 9.78 Å². The largest absolute Gasteiger partial charge is 0.324 e. The average Bonchev–Trinajstić information content (AvgIpc) is 2.75. The van der Waals surface area contributed by atoms with Crippen LogP contribution in [0.15, 0.2) is 24.3 Å². The first-order valence-corrected chi connectivity index (χ1v) is 7.50. The summed E-state index contributed by atoms with van der Waals surface area (Å²) in [6.45, 7) is 7.03. The molecule has 0 aliphatic carbocycles. The molecule has 2 rings (SSSR count). The van der Waals surface area contributed by atoms with Crippen LogP contribution in [0.2, 0.25) is 5.02 Å². The predicted molar refractivity (Wildman–Crippen MR) is 84.1 cm³/mol. The molecular formula is C16H22ClN3. The Morgan fingerprint density at radius 1 is 1.35 bits per heavy atom. The maximum atomic E-state index is 6.43. The molecule has 1 atom stereocenters. The van der Waals surface area contributed by atoms with Crippen molar-refractivity contribution in [1.29, 1.82) is 0 Å². The Hall–Kier alpha value is -1.32. The predicted octanol–water partition coefficient (Wildman–Crippen LogP) is 3.67. The molecule has 2 N–H and O–H groups in total. The highest BCUT2D eigenvalue weighted by molar-refractivity contribution is 6.31. The van der Waals surface area contributed by atoms with Gasteiger partial charge in [0.05, 0.1) is 16.4 Å². The van der Waals surface area contributed by atoms with E-state index in [9.17, 15) is 0 Å². The molecule has 0 radical (unpaired) electrons. The summed E-state index contributed by atoms with van der Waals surface area (Å²) >= 11 is 6.43. The standard InChI is InChI=1S/C16H22ClN3/c1-4-14-16(17)15(20(5-2)19-14)10-13(18)12-8-6-7-11(3)9-12/h6-9,13H,4-5,10,18H2,1-3H3. The molecule has 1 aromatic heterocycles. The number of nitrogens with two attached hydrogens (primary N) is 1. The summed E-state index contributed by atoms with van der Waals surface area (Å²) in [6.07, 6.45) is 1.56. The van der Waals surface area contributed by atoms with Gasteiger partial charge >= 0.3 is 0 Å². The number of halogens is 1. The summed E-state index contributed by atoms with van der Waals surface area (Å²) in [7, 11) is 0. The van der Waals surface area contributed by atoms with Crippen molar-refractivity contribution in [2.24, 2.45) is 5.73 Å². The second kappa shape index (κ2) is 6.42. The molecule has 2 aromatic rings. The van der Waals surface area contributed by atoms with Crippen molar-refractivity contribution in [2.75, 3.05) is 0 Å². The number of rotatable bonds is 5. The Morgan fingerprint density at radius 2 is 2.10 bits per heavy atom. The number of hydrogen-bond donors (Lipinski definition) is 1. The maximum Gasteiger partial charge on any atom is 0.0850 e. The van der Waals surface area contributed by atoms with Gasteiger partial charge in [-0.2, -0.15) is 5.10 Å². The Labute approximate surface area is 125 Å². The highest BCUT2D eigenvalue weighted by atomic mass is 35.5. The first-order chi connectivity index (χ1) is 9.56. The quantitative estimate of drug-likeness (QED) is 0.913. The molecule has 1 unspecified atom stereocenters. The highest BCUT2D eigenvalue weighted by Crippen LogP contribution is 2.26. The smallest absolute Gasteiger partial charge is 0.0850 e. The minimum atomic E-state index is -0.0564. The molecule has 0 saturated heterocycles. The van der Waals surface area contributed by atoms with Crippen molar-refractivity contribution in [2.45, 2.75) is 46.2 Å². The van der Waals surface area contributed by atoms with Crippen LogP contribution >= 0.6 is 11.6 Å². The maximum absolute atomic E-state index is 6.43. The monoisotopic (exact) mass is 291 g/mol. The fraction of sp³-hybridized carbons (Fsp3) is 0.438. The van der Waals surface area contributed by atoms with Crippen molar-refractivity contribution in [3.05, 3.63) is 51.8 Å². The van der Waals surface area contributed by atoms with Crippen molar-refractivity contribution in [3.63, 3.8) is 0 Å². The first-order valence-electron chi connectivity index (χ1n) is 7.13. The van der Waals surface area contributed by atoms with Gasteiger partial charge in [0.25, 0.3) is 0 Å². The molecule has 0 saturated carbocycles. The second-order valence-electron chi connectivity index (χ2n) is 5.10. The van der Waals surface area contributed by atoms with Gasteiger partial charge in [-0.25, -0.2) is 0 Å². The normalized spacial score (nSPS) is 12.7. The number of aryl methyl sites for hydroxylation is 3. The summed E-state index contributed by atoms with van der Waals surface area (Å²) in [4.78, 5) is 0. The molecule has 20 heavy (non-hydrogen) atoms. The van der Waals surface area contributed by atoms with Crippen LogP contribution in [-0.4, -0.2) is 9.78 Å². The fourth-order valence-electron chi connectivity index (χ4n) is 2.44. The van der Waals surface area contributed by atoms with E-state index in [1.165, 1.54) is 5.56 Å². The molecule has 3 nitrogen and oxygen atoms in total. The molecule has 0 fully saturated rings. The first kappa shape index (κ1) is 15.1. The molecule has 0 spiro atoms. The van der Waals surface area contributed by atoms with Crippen LogP contribution in [0, 0.1) is 6.92 Å². The molecule has 0 aliphatic heterocycles. The lowest BCUT2D eigenvalue weighted by molar-refractivity contribution is 0.585. The molecule has 1 heterocycles. The van der Waals surface area contributed by atoms with E-state index in [4.69, 9.17) is 17.3 Å². The van der Waals surface area contributed by atoms with Crippen molar-refractivity contribution >= 4 is 11.6 Å². The zero-order valence-corrected chi connectivity index (χ0v) is 13.1. The number of aromatic nitrogens is 2. The minimum absolute atomic E-state index is 0.0564. The average molecular weight is 292 g/mol. The van der Waals surface area contributed by atoms with Crippen LogP contribution in [0.5, 0.6) is 0 Å². The Morgan fingerprint density at radius 3 is 2.70 bits per heavy atom. The summed E-state index contributed by atoms with van der Waals surface area (Å²) in [5, 5.41) is 5.32. The SMILES string of the molecule is CCc1nn(CC)c(CC(N)c2cccc(C)c2)c1Cl. The van der Waals surface area contributed by atoms with Crippen molar-refractivity contribution in [3.8, 4) is 0 Å². The van der Waals surface area contributed by atoms with Gasteiger partial charge < -0.3 is 5.73 Å². The number of hydrogen-bond acceptors (Lipinski definition) is 2. The summed E-state index contributed by atoms with van der Waals surface area (Å²) in [5.41, 5.74) is 10.7. The second-order valence-corrected chi connectivity index (χ2v) is 5.48. The van der Waals surface area contributed by atoms with Gasteiger partial charge in [0, 0.05) is 19.0 Å². The van der Waals surface area contributed by atoms with Crippen LogP contribution in [0.4, 0.5) is 0 Å². The molecule has 0 amide bonds. The third kappa shape index (κ3) is 3.05. The third-order valence-corrected chi connectivity index (χ3v) is 4.01. The van der Waals surface area contributed by atoms with E-state index >= 15 is 0 Å². The van der Waals surface area contributed by atoms with Gasteiger partial charge in [-0.15, -0.1) is 0 Å². The molecule has 108 valence electrons. The molecule has 4 heteroatoms. The van der Waals surface area contributed by atoms with Crippen LogP contribution in [0.25, 0.3) is 0 Å². The van der Waals surface area contributed by atoms with Crippen LogP contribution in [0.3, 0.4) is 0 Å². The molecular weight excluding hydrogens is 270 g/mol. The Balaban J connectivity index is 2.27. The summed E-state index contributed by atoms with van der Waals surface area (Å²) < 4.78 is 1.97. The molecule has 0 aliphatic rings. The van der Waals surface area contributed by atoms with E-state index in [-0.39, 0.29) is 6.04 Å². The van der Waals surface area contributed by atoms with Crippen LogP contribution in [-0.2, 0) is 19.4 Å². The lowest BCUT2D eigenvalue weighted by Gasteiger charge is -2.14. The van der Waals surface area contributed by atoms with E-state index in [0.717, 1.165) is 34.9 Å². The van der Waals surface area contributed by atoms with Gasteiger partial charge in [-0.3, -0.25) is 4.68 Å². The fourth-order valence-corrected chi connectivity index (χ4v) is 2.79. The zero-order valence-electron chi connectivity index (χ0n) is 12.4. The summed E-state index contributed by atoms with van der Waals surface area (Å²) in [5.74, 6) is 0. The number of nitrogens with zero attached hydrogens (tertiary/aromatic N) is 2. The third-order valence-electron chi connectivity index (χ3n) is 3.58. The molecule has 0 bridgehead atoms. The van der Waals surface area contributed by atoms with Gasteiger partial charge in [-0.1, -0.05) is 48.4 Å². The van der Waals surface area contributed by atoms with Crippen LogP contribution in [0.1, 0.15) is 42.4 Å². The van der Waals surface area contributed by atoms with E-state index in [1.54, 1.807) is 0 Å². The summed E-state index contributed by atoms with van der Waals surface area (Å²) in [6, 6.07) is 8.26. The Bertz CT molecular complexity index is 589. The van der Waals surface area contributed by atoms with E-state index in [2.05, 4.69) is 44.1 Å². The van der Waals surface area contributed by atoms with Gasteiger partial charge in [-0.05, 0) is 25.8 Å². The van der Waals surface area contributed by atoms with E-state index in [0.29, 0.717) is 6.42 Å². The highest BCUT2D eigenvalue weighted by Gasteiger charge is 2.17. The Kier molecular flexibility index (Phi) is 4.84. The molecule has 1 aromatic carbocycles. The van der Waals surface area contributed by atoms with Crippen LogP contribution < -0.4 is 5.73 Å². The van der Waals surface area contributed by atoms with Gasteiger partial charge in [0.2, 0.25) is 0 Å². The van der Waals surface area contributed by atoms with Crippen molar-refractivity contribution < 1.29 is 0 Å².